The second kappa shape index (κ2) is 6.37. The number of hydrogen-bond acceptors (Lipinski definition) is 4. The molecule has 158 valence electrons. The molecule has 3 heterocycles. The monoisotopic (exact) mass is 430 g/mol. The number of imidazole rings is 2. The molecular weight excluding hydrogens is 412 g/mol. The highest BCUT2D eigenvalue weighted by Gasteiger charge is 2.21. The highest BCUT2D eigenvalue weighted by molar-refractivity contribution is 6.20. The Bertz CT molecular complexity index is 1950. The molecule has 7 aromatic rings. The van der Waals surface area contributed by atoms with E-state index in [2.05, 4.69) is 4.57 Å². The fraction of sp³-hybridized carbons (Fsp3) is 0.0741. The summed E-state index contributed by atoms with van der Waals surface area (Å²) < 4.78 is 3.75. The quantitative estimate of drug-likeness (QED) is 0.434. The molecule has 0 bridgehead atoms. The van der Waals surface area contributed by atoms with Gasteiger partial charge in [-0.1, -0.05) is 30.3 Å². The van der Waals surface area contributed by atoms with Gasteiger partial charge in [-0.3, -0.25) is 9.20 Å². The number of rotatable bonds is 2. The van der Waals surface area contributed by atoms with E-state index in [9.17, 15) is 9.90 Å². The summed E-state index contributed by atoms with van der Waals surface area (Å²) in [5, 5.41) is 13.4. The predicted molar refractivity (Wildman–Crippen MR) is 131 cm³/mol. The molecule has 0 aliphatic heterocycles. The average molecular weight is 430 g/mol. The Labute approximate surface area is 187 Å². The van der Waals surface area contributed by atoms with Crippen molar-refractivity contribution in [1.82, 2.24) is 18.9 Å². The van der Waals surface area contributed by atoms with Gasteiger partial charge in [0.2, 0.25) is 0 Å². The zero-order valence-corrected chi connectivity index (χ0v) is 17.8. The van der Waals surface area contributed by atoms with E-state index in [0.29, 0.717) is 11.0 Å². The van der Waals surface area contributed by atoms with Crippen molar-refractivity contribution in [2.24, 2.45) is 7.05 Å². The first kappa shape index (κ1) is 18.3. The molecule has 0 radical (unpaired) electrons. The van der Waals surface area contributed by atoms with Crippen LogP contribution >= 0.6 is 0 Å². The van der Waals surface area contributed by atoms with Crippen LogP contribution in [0, 0.1) is 0 Å². The normalized spacial score (nSPS) is 12.2. The van der Waals surface area contributed by atoms with Gasteiger partial charge in [-0.25, -0.2) is 9.97 Å². The lowest BCUT2D eigenvalue weighted by Crippen LogP contribution is -2.14. The van der Waals surface area contributed by atoms with Gasteiger partial charge in [-0.15, -0.1) is 0 Å². The number of hydrogen-bond donors (Lipinski definition) is 1. The molecule has 3 aromatic heterocycles. The Kier molecular flexibility index (Phi) is 3.53. The number of aliphatic hydroxyl groups excluding tert-OH is 1. The Morgan fingerprint density at radius 2 is 1.48 bits per heavy atom. The predicted octanol–water partition coefficient (Wildman–Crippen LogP) is 4.64. The lowest BCUT2D eigenvalue weighted by molar-refractivity contribution is 0.283. The van der Waals surface area contributed by atoms with Crippen molar-refractivity contribution >= 4 is 49.3 Å². The summed E-state index contributed by atoms with van der Waals surface area (Å²) in [5.74, 6) is 0.793. The fourth-order valence-electron chi connectivity index (χ4n) is 5.17. The summed E-state index contributed by atoms with van der Waals surface area (Å²) in [4.78, 5) is 23.3. The molecule has 0 saturated carbocycles. The number of fused-ring (bicyclic) bond motifs is 5. The Morgan fingerprint density at radius 1 is 0.788 bits per heavy atom. The van der Waals surface area contributed by atoms with Gasteiger partial charge >= 0.3 is 0 Å². The molecule has 0 aliphatic rings. The van der Waals surface area contributed by atoms with Crippen molar-refractivity contribution < 1.29 is 5.11 Å². The van der Waals surface area contributed by atoms with E-state index in [4.69, 9.17) is 9.97 Å². The SMILES string of the molecule is Cn1c(-c2ccc3c4c2c(CO)ccc4c(=O)n2c4ccccc4nc32)nc2ccccc21. The van der Waals surface area contributed by atoms with Gasteiger partial charge in [0.05, 0.1) is 28.7 Å². The smallest absolute Gasteiger partial charge is 0.264 e. The molecule has 0 fully saturated rings. The first-order chi connectivity index (χ1) is 16.2. The molecule has 33 heavy (non-hydrogen) atoms. The van der Waals surface area contributed by atoms with Gasteiger partial charge in [0.1, 0.15) is 11.5 Å². The van der Waals surface area contributed by atoms with Crippen molar-refractivity contribution in [3.8, 4) is 11.4 Å². The average Bonchev–Trinajstić information content (AvgIpc) is 3.40. The zero-order valence-electron chi connectivity index (χ0n) is 17.8. The van der Waals surface area contributed by atoms with Gasteiger partial charge in [-0.2, -0.15) is 0 Å². The highest BCUT2D eigenvalue weighted by Crippen LogP contribution is 2.38. The maximum Gasteiger partial charge on any atom is 0.264 e. The molecule has 6 heteroatoms. The minimum absolute atomic E-state index is 0.108. The number of aryl methyl sites for hydroxylation is 1. The molecular formula is C27H18N4O2. The first-order valence-electron chi connectivity index (χ1n) is 10.8. The molecule has 1 N–H and O–H groups in total. The number of nitrogens with zero attached hydrogens (tertiary/aromatic N) is 4. The Morgan fingerprint density at radius 3 is 2.24 bits per heavy atom. The summed E-state index contributed by atoms with van der Waals surface area (Å²) in [5.41, 5.74) is 5.67. The third-order valence-corrected chi connectivity index (χ3v) is 6.68. The molecule has 6 nitrogen and oxygen atoms in total. The number of pyridine rings is 1. The summed E-state index contributed by atoms with van der Waals surface area (Å²) in [7, 11) is 1.99. The number of benzene rings is 4. The fourth-order valence-corrected chi connectivity index (χ4v) is 5.17. The van der Waals surface area contributed by atoms with Crippen molar-refractivity contribution in [1.29, 1.82) is 0 Å². The van der Waals surface area contributed by atoms with E-state index in [-0.39, 0.29) is 12.2 Å². The third kappa shape index (κ3) is 2.28. The second-order valence-electron chi connectivity index (χ2n) is 8.39. The summed E-state index contributed by atoms with van der Waals surface area (Å²) in [6.07, 6.45) is 0. The van der Waals surface area contributed by atoms with Crippen molar-refractivity contribution in [2.45, 2.75) is 6.61 Å². The van der Waals surface area contributed by atoms with E-state index >= 15 is 0 Å². The topological polar surface area (TPSA) is 72.4 Å². The number of aromatic nitrogens is 4. The van der Waals surface area contributed by atoms with Crippen LogP contribution in [0.4, 0.5) is 0 Å². The minimum atomic E-state index is -0.137. The maximum absolute atomic E-state index is 13.7. The van der Waals surface area contributed by atoms with Gasteiger partial charge in [0, 0.05) is 28.8 Å². The molecule has 0 amide bonds. The van der Waals surface area contributed by atoms with Crippen molar-refractivity contribution in [2.75, 3.05) is 0 Å². The molecule has 0 unspecified atom stereocenters. The minimum Gasteiger partial charge on any atom is -0.392 e. The zero-order chi connectivity index (χ0) is 22.3. The van der Waals surface area contributed by atoms with Gasteiger partial charge in [-0.05, 0) is 53.4 Å². The lowest BCUT2D eigenvalue weighted by Gasteiger charge is -2.14. The van der Waals surface area contributed by atoms with Crippen LogP contribution in [0.15, 0.2) is 77.6 Å². The van der Waals surface area contributed by atoms with Crippen LogP contribution in [0.3, 0.4) is 0 Å². The molecule has 0 spiro atoms. The lowest BCUT2D eigenvalue weighted by atomic mass is 9.93. The summed E-state index contributed by atoms with van der Waals surface area (Å²) in [6, 6.07) is 23.4. The molecule has 0 aliphatic carbocycles. The van der Waals surface area contributed by atoms with Gasteiger partial charge in [0.25, 0.3) is 5.56 Å². The third-order valence-electron chi connectivity index (χ3n) is 6.68. The first-order valence-corrected chi connectivity index (χ1v) is 10.8. The highest BCUT2D eigenvalue weighted by atomic mass is 16.3. The molecule has 4 aromatic carbocycles. The van der Waals surface area contributed by atoms with E-state index in [0.717, 1.165) is 55.2 Å². The van der Waals surface area contributed by atoms with Crippen LogP contribution in [0.25, 0.3) is 60.6 Å². The van der Waals surface area contributed by atoms with E-state index in [1.807, 2.05) is 79.8 Å². The van der Waals surface area contributed by atoms with Gasteiger partial charge < -0.3 is 9.67 Å². The van der Waals surface area contributed by atoms with Crippen molar-refractivity contribution in [3.63, 3.8) is 0 Å². The van der Waals surface area contributed by atoms with E-state index in [1.54, 1.807) is 4.40 Å². The standard InChI is InChI=1S/C27H18N4O2/c1-30-21-8-4-2-6-19(21)28-25(30)16-12-13-17-24-18(11-10-15(14-32)23(16)24)27(33)31-22-9-5-3-7-20(22)29-26(17)31/h2-13,32H,14H2,1H3. The second-order valence-corrected chi connectivity index (χ2v) is 8.39. The number of para-hydroxylation sites is 4. The van der Waals surface area contributed by atoms with E-state index in [1.165, 1.54) is 0 Å². The molecule has 0 saturated heterocycles. The molecule has 0 atom stereocenters. The van der Waals surface area contributed by atoms with Crippen LogP contribution in [-0.4, -0.2) is 24.0 Å². The van der Waals surface area contributed by atoms with Crippen LogP contribution in [0.5, 0.6) is 0 Å². The Balaban J connectivity index is 1.71. The summed E-state index contributed by atoms with van der Waals surface area (Å²) in [6.45, 7) is -0.137. The van der Waals surface area contributed by atoms with Crippen LogP contribution in [0.1, 0.15) is 5.56 Å². The van der Waals surface area contributed by atoms with Crippen LogP contribution < -0.4 is 5.56 Å². The maximum atomic E-state index is 13.7. The van der Waals surface area contributed by atoms with Crippen molar-refractivity contribution in [3.05, 3.63) is 88.7 Å². The molecule has 7 rings (SSSR count). The Hall–Kier alpha value is -4.29. The largest absolute Gasteiger partial charge is 0.392 e. The van der Waals surface area contributed by atoms with Crippen LogP contribution in [-0.2, 0) is 13.7 Å². The van der Waals surface area contributed by atoms with Gasteiger partial charge in [0.15, 0.2) is 0 Å². The van der Waals surface area contributed by atoms with Crippen LogP contribution in [0.2, 0.25) is 0 Å². The number of aliphatic hydroxyl groups is 1. The van der Waals surface area contributed by atoms with E-state index < -0.39 is 0 Å². The summed E-state index contributed by atoms with van der Waals surface area (Å²) >= 11 is 0.